The summed E-state index contributed by atoms with van der Waals surface area (Å²) < 4.78 is 2.36. The van der Waals surface area contributed by atoms with Crippen molar-refractivity contribution in [1.82, 2.24) is 9.55 Å². The molecule has 0 N–H and O–H groups in total. The van der Waals surface area contributed by atoms with Gasteiger partial charge in [0.25, 0.3) is 0 Å². The molecular weight excluding hydrogens is 172 g/mol. The van der Waals surface area contributed by atoms with Crippen LogP contribution in [-0.4, -0.2) is 9.55 Å². The maximum absolute atomic E-state index is 4.26. The van der Waals surface area contributed by atoms with Gasteiger partial charge in [0.1, 0.15) is 0 Å². The number of hydrogen-bond acceptors (Lipinski definition) is 1. The predicted molar refractivity (Wildman–Crippen MR) is 60.6 cm³/mol. The van der Waals surface area contributed by atoms with Crippen molar-refractivity contribution in [3.05, 3.63) is 18.2 Å². The SMILES string of the molecule is CCCC(CC)n1cncc1C(C)C. The zero-order valence-corrected chi connectivity index (χ0v) is 9.83. The van der Waals surface area contributed by atoms with Crippen LogP contribution < -0.4 is 0 Å². The minimum Gasteiger partial charge on any atom is -0.331 e. The highest BCUT2D eigenvalue weighted by molar-refractivity contribution is 5.05. The molecular formula is C12H22N2. The van der Waals surface area contributed by atoms with Crippen LogP contribution in [0.4, 0.5) is 0 Å². The summed E-state index contributed by atoms with van der Waals surface area (Å²) in [5, 5.41) is 0. The van der Waals surface area contributed by atoms with Gasteiger partial charge in [-0.05, 0) is 18.8 Å². The molecule has 0 amide bonds. The molecule has 0 aliphatic rings. The molecule has 2 heteroatoms. The number of nitrogens with zero attached hydrogens (tertiary/aromatic N) is 2. The summed E-state index contributed by atoms with van der Waals surface area (Å²) in [4.78, 5) is 4.26. The standard InChI is InChI=1S/C12H22N2/c1-5-7-11(6-2)14-9-13-8-12(14)10(3)4/h8-11H,5-7H2,1-4H3. The minimum absolute atomic E-state index is 0.573. The molecule has 0 radical (unpaired) electrons. The Morgan fingerprint density at radius 3 is 2.57 bits per heavy atom. The van der Waals surface area contributed by atoms with Gasteiger partial charge in [0.15, 0.2) is 0 Å². The molecule has 0 fully saturated rings. The van der Waals surface area contributed by atoms with E-state index in [4.69, 9.17) is 0 Å². The Hall–Kier alpha value is -0.790. The van der Waals surface area contributed by atoms with Gasteiger partial charge in [-0.2, -0.15) is 0 Å². The van der Waals surface area contributed by atoms with Gasteiger partial charge in [-0.1, -0.05) is 34.1 Å². The Kier molecular flexibility index (Phi) is 4.18. The Balaban J connectivity index is 2.86. The molecule has 1 aromatic heterocycles. The highest BCUT2D eigenvalue weighted by Crippen LogP contribution is 2.23. The van der Waals surface area contributed by atoms with E-state index in [-0.39, 0.29) is 0 Å². The maximum Gasteiger partial charge on any atom is 0.0950 e. The normalized spacial score (nSPS) is 13.5. The van der Waals surface area contributed by atoms with Crippen LogP contribution >= 0.6 is 0 Å². The van der Waals surface area contributed by atoms with Crippen molar-refractivity contribution in [3.8, 4) is 0 Å². The van der Waals surface area contributed by atoms with Gasteiger partial charge in [-0.15, -0.1) is 0 Å². The second-order valence-corrected chi connectivity index (χ2v) is 4.23. The molecule has 0 aliphatic heterocycles. The number of hydrogen-bond donors (Lipinski definition) is 0. The average Bonchev–Trinajstić information content (AvgIpc) is 2.62. The van der Waals surface area contributed by atoms with E-state index >= 15 is 0 Å². The third kappa shape index (κ3) is 2.37. The van der Waals surface area contributed by atoms with E-state index in [9.17, 15) is 0 Å². The van der Waals surface area contributed by atoms with Crippen molar-refractivity contribution in [2.75, 3.05) is 0 Å². The first kappa shape index (κ1) is 11.3. The molecule has 1 unspecified atom stereocenters. The third-order valence-electron chi connectivity index (χ3n) is 2.77. The van der Waals surface area contributed by atoms with E-state index in [1.807, 2.05) is 12.5 Å². The third-order valence-corrected chi connectivity index (χ3v) is 2.77. The number of imidazole rings is 1. The molecule has 0 aromatic carbocycles. The smallest absolute Gasteiger partial charge is 0.0950 e. The highest BCUT2D eigenvalue weighted by Gasteiger charge is 2.13. The fourth-order valence-electron chi connectivity index (χ4n) is 1.94. The summed E-state index contributed by atoms with van der Waals surface area (Å²) in [6.45, 7) is 8.96. The molecule has 0 aliphatic carbocycles. The van der Waals surface area contributed by atoms with Crippen molar-refractivity contribution in [1.29, 1.82) is 0 Å². The zero-order chi connectivity index (χ0) is 10.6. The van der Waals surface area contributed by atoms with Crippen LogP contribution in [0.15, 0.2) is 12.5 Å². The lowest BCUT2D eigenvalue weighted by atomic mass is 10.1. The zero-order valence-electron chi connectivity index (χ0n) is 9.83. The van der Waals surface area contributed by atoms with Gasteiger partial charge in [-0.3, -0.25) is 0 Å². The van der Waals surface area contributed by atoms with E-state index in [0.29, 0.717) is 12.0 Å². The molecule has 0 saturated heterocycles. The first-order valence-electron chi connectivity index (χ1n) is 5.72. The Bertz CT molecular complexity index is 263. The Morgan fingerprint density at radius 1 is 1.36 bits per heavy atom. The quantitative estimate of drug-likeness (QED) is 0.698. The van der Waals surface area contributed by atoms with Crippen molar-refractivity contribution in [2.45, 2.75) is 58.9 Å². The van der Waals surface area contributed by atoms with Crippen LogP contribution in [0, 0.1) is 0 Å². The van der Waals surface area contributed by atoms with Crippen LogP contribution in [0.1, 0.15) is 64.6 Å². The van der Waals surface area contributed by atoms with E-state index in [1.165, 1.54) is 25.0 Å². The monoisotopic (exact) mass is 194 g/mol. The second-order valence-electron chi connectivity index (χ2n) is 4.23. The average molecular weight is 194 g/mol. The van der Waals surface area contributed by atoms with Gasteiger partial charge >= 0.3 is 0 Å². The van der Waals surface area contributed by atoms with Crippen LogP contribution in [0.5, 0.6) is 0 Å². The Labute approximate surface area is 87.4 Å². The molecule has 1 aromatic rings. The van der Waals surface area contributed by atoms with Crippen LogP contribution in [0.25, 0.3) is 0 Å². The molecule has 0 saturated carbocycles. The molecule has 0 bridgehead atoms. The topological polar surface area (TPSA) is 17.8 Å². The summed E-state index contributed by atoms with van der Waals surface area (Å²) >= 11 is 0. The summed E-state index contributed by atoms with van der Waals surface area (Å²) in [5.41, 5.74) is 1.37. The van der Waals surface area contributed by atoms with Crippen LogP contribution in [-0.2, 0) is 0 Å². The minimum atomic E-state index is 0.573. The second kappa shape index (κ2) is 5.18. The molecule has 1 heterocycles. The maximum atomic E-state index is 4.26. The molecule has 2 nitrogen and oxygen atoms in total. The lowest BCUT2D eigenvalue weighted by Gasteiger charge is -2.20. The largest absolute Gasteiger partial charge is 0.331 e. The van der Waals surface area contributed by atoms with Crippen molar-refractivity contribution < 1.29 is 0 Å². The van der Waals surface area contributed by atoms with Gasteiger partial charge in [0, 0.05) is 17.9 Å². The van der Waals surface area contributed by atoms with Gasteiger partial charge in [0.2, 0.25) is 0 Å². The van der Waals surface area contributed by atoms with E-state index in [0.717, 1.165) is 0 Å². The van der Waals surface area contributed by atoms with Crippen LogP contribution in [0.2, 0.25) is 0 Å². The van der Waals surface area contributed by atoms with Crippen molar-refractivity contribution in [2.24, 2.45) is 0 Å². The van der Waals surface area contributed by atoms with Gasteiger partial charge in [-0.25, -0.2) is 4.98 Å². The molecule has 14 heavy (non-hydrogen) atoms. The summed E-state index contributed by atoms with van der Waals surface area (Å²) in [5.74, 6) is 0.573. The number of rotatable bonds is 5. The number of aromatic nitrogens is 2. The van der Waals surface area contributed by atoms with E-state index in [2.05, 4.69) is 37.2 Å². The lowest BCUT2D eigenvalue weighted by molar-refractivity contribution is 0.430. The van der Waals surface area contributed by atoms with E-state index < -0.39 is 0 Å². The van der Waals surface area contributed by atoms with Gasteiger partial charge < -0.3 is 4.57 Å². The first-order valence-corrected chi connectivity index (χ1v) is 5.72. The summed E-state index contributed by atoms with van der Waals surface area (Å²) in [6.07, 6.45) is 7.69. The Morgan fingerprint density at radius 2 is 2.07 bits per heavy atom. The molecule has 0 spiro atoms. The van der Waals surface area contributed by atoms with Crippen LogP contribution in [0.3, 0.4) is 0 Å². The van der Waals surface area contributed by atoms with Crippen molar-refractivity contribution >= 4 is 0 Å². The van der Waals surface area contributed by atoms with Crippen molar-refractivity contribution in [3.63, 3.8) is 0 Å². The van der Waals surface area contributed by atoms with Gasteiger partial charge in [0.05, 0.1) is 6.33 Å². The fourth-order valence-corrected chi connectivity index (χ4v) is 1.94. The molecule has 1 rings (SSSR count). The lowest BCUT2D eigenvalue weighted by Crippen LogP contribution is -2.10. The molecule has 1 atom stereocenters. The highest BCUT2D eigenvalue weighted by atomic mass is 15.1. The molecule has 80 valence electrons. The summed E-state index contributed by atoms with van der Waals surface area (Å²) in [7, 11) is 0. The first-order chi connectivity index (χ1) is 6.70. The van der Waals surface area contributed by atoms with E-state index in [1.54, 1.807) is 0 Å². The predicted octanol–water partition coefficient (Wildman–Crippen LogP) is 3.76. The summed E-state index contributed by atoms with van der Waals surface area (Å²) in [6, 6.07) is 0.639. The fraction of sp³-hybridized carbons (Fsp3) is 0.750.